The van der Waals surface area contributed by atoms with Gasteiger partial charge in [-0.3, -0.25) is 4.79 Å². The zero-order valence-corrected chi connectivity index (χ0v) is 13.2. The quantitative estimate of drug-likeness (QED) is 0.723. The van der Waals surface area contributed by atoms with Gasteiger partial charge in [-0.2, -0.15) is 0 Å². The molecule has 1 aromatic carbocycles. The van der Waals surface area contributed by atoms with Gasteiger partial charge < -0.3 is 9.84 Å². The first-order valence-electron chi connectivity index (χ1n) is 6.59. The number of carbonyl (C=O) groups is 1. The second kappa shape index (κ2) is 7.53. The monoisotopic (exact) mass is 315 g/mol. The Labute approximate surface area is 125 Å². The fourth-order valence-electron chi connectivity index (χ4n) is 1.68. The third-order valence-corrected chi connectivity index (χ3v) is 4.62. The third kappa shape index (κ3) is 5.11. The fourth-order valence-corrected chi connectivity index (χ4v) is 3.05. The van der Waals surface area contributed by atoms with Crippen LogP contribution >= 0.6 is 0 Å². The number of esters is 1. The van der Waals surface area contributed by atoms with Gasteiger partial charge in [-0.05, 0) is 23.6 Å². The van der Waals surface area contributed by atoms with Crippen molar-refractivity contribution in [3.63, 3.8) is 0 Å². The normalized spacial score (nSPS) is 13.2. The van der Waals surface area contributed by atoms with Gasteiger partial charge in [0.1, 0.15) is 0 Å². The Morgan fingerprint density at radius 3 is 2.29 bits per heavy atom. The van der Waals surface area contributed by atoms with Crippen molar-refractivity contribution in [2.45, 2.75) is 31.2 Å². The minimum atomic E-state index is -3.69. The first kappa shape index (κ1) is 17.6. The van der Waals surface area contributed by atoms with Crippen LogP contribution in [0.25, 0.3) is 0 Å². The molecule has 0 fully saturated rings. The highest BCUT2D eigenvalue weighted by Crippen LogP contribution is 2.13. The molecule has 7 heteroatoms. The van der Waals surface area contributed by atoms with Crippen molar-refractivity contribution in [2.75, 3.05) is 13.7 Å². The van der Waals surface area contributed by atoms with Gasteiger partial charge in [0, 0.05) is 6.04 Å². The lowest BCUT2D eigenvalue weighted by Crippen LogP contribution is -2.41. The Morgan fingerprint density at radius 1 is 1.29 bits per heavy atom. The molecule has 0 aliphatic carbocycles. The maximum Gasteiger partial charge on any atom is 0.309 e. The summed E-state index contributed by atoms with van der Waals surface area (Å²) in [5, 5.41) is 9.20. The molecule has 1 rings (SSSR count). The number of benzene rings is 1. The molecule has 0 spiro atoms. The van der Waals surface area contributed by atoms with E-state index in [0.29, 0.717) is 5.56 Å². The highest BCUT2D eigenvalue weighted by Gasteiger charge is 2.21. The van der Waals surface area contributed by atoms with E-state index in [-0.39, 0.29) is 29.8 Å². The highest BCUT2D eigenvalue weighted by molar-refractivity contribution is 7.89. The number of aliphatic hydroxyl groups excluding tert-OH is 1. The molecule has 0 aliphatic rings. The van der Waals surface area contributed by atoms with E-state index in [4.69, 9.17) is 0 Å². The number of nitrogens with one attached hydrogen (secondary N) is 1. The van der Waals surface area contributed by atoms with Crippen molar-refractivity contribution in [3.8, 4) is 0 Å². The number of methoxy groups -OCH3 is 1. The number of aliphatic hydroxyl groups is 1. The maximum atomic E-state index is 12.2. The summed E-state index contributed by atoms with van der Waals surface area (Å²) in [7, 11) is -2.40. The molecule has 0 heterocycles. The van der Waals surface area contributed by atoms with Crippen LogP contribution in [0.1, 0.15) is 19.4 Å². The summed E-state index contributed by atoms with van der Waals surface area (Å²) in [5.74, 6) is -0.410. The average molecular weight is 315 g/mol. The summed E-state index contributed by atoms with van der Waals surface area (Å²) in [6.07, 6.45) is 0.0928. The molecule has 0 unspecified atom stereocenters. The summed E-state index contributed by atoms with van der Waals surface area (Å²) in [6, 6.07) is 5.44. The molecular weight excluding hydrogens is 294 g/mol. The first-order chi connectivity index (χ1) is 9.80. The lowest BCUT2D eigenvalue weighted by Gasteiger charge is -2.19. The van der Waals surface area contributed by atoms with Gasteiger partial charge in [0.25, 0.3) is 0 Å². The van der Waals surface area contributed by atoms with Crippen molar-refractivity contribution >= 4 is 16.0 Å². The molecule has 6 nitrogen and oxygen atoms in total. The van der Waals surface area contributed by atoms with Crippen LogP contribution < -0.4 is 4.72 Å². The topological polar surface area (TPSA) is 92.7 Å². The minimum absolute atomic E-state index is 0.0247. The van der Waals surface area contributed by atoms with E-state index in [9.17, 15) is 18.3 Å². The first-order valence-corrected chi connectivity index (χ1v) is 8.07. The number of ether oxygens (including phenoxy) is 1. The van der Waals surface area contributed by atoms with Crippen LogP contribution in [0.2, 0.25) is 0 Å². The number of carbonyl (C=O) groups excluding carboxylic acids is 1. The SMILES string of the molecule is COC(=O)Cc1ccc(S(=O)(=O)N[C@H](CO)C(C)C)cc1. The second-order valence-corrected chi connectivity index (χ2v) is 6.77. The van der Waals surface area contributed by atoms with Gasteiger partial charge in [-0.1, -0.05) is 26.0 Å². The summed E-state index contributed by atoms with van der Waals surface area (Å²) in [4.78, 5) is 11.2. The van der Waals surface area contributed by atoms with Crippen molar-refractivity contribution in [2.24, 2.45) is 5.92 Å². The average Bonchev–Trinajstić information content (AvgIpc) is 2.45. The Bertz CT molecular complexity index is 566. The molecule has 0 saturated carbocycles. The standard InChI is InChI=1S/C14H21NO5S/c1-10(2)13(9-16)15-21(18,19)12-6-4-11(5-7-12)8-14(17)20-3/h4-7,10,13,15-16H,8-9H2,1-3H3/t13-/m1/s1. The summed E-state index contributed by atoms with van der Waals surface area (Å²) in [6.45, 7) is 3.38. The molecule has 2 N–H and O–H groups in total. The van der Waals surface area contributed by atoms with Crippen LogP contribution in [0.3, 0.4) is 0 Å². The van der Waals surface area contributed by atoms with Gasteiger partial charge >= 0.3 is 5.97 Å². The number of sulfonamides is 1. The molecule has 21 heavy (non-hydrogen) atoms. The summed E-state index contributed by atoms with van der Waals surface area (Å²) < 4.78 is 31.4. The molecule has 0 bridgehead atoms. The van der Waals surface area contributed by atoms with Gasteiger partial charge in [-0.25, -0.2) is 13.1 Å². The third-order valence-electron chi connectivity index (χ3n) is 3.12. The van der Waals surface area contributed by atoms with Crippen molar-refractivity contribution in [3.05, 3.63) is 29.8 Å². The van der Waals surface area contributed by atoms with E-state index in [0.717, 1.165) is 0 Å². The summed E-state index contributed by atoms with van der Waals surface area (Å²) in [5.41, 5.74) is 0.670. The Kier molecular flexibility index (Phi) is 6.32. The van der Waals surface area contributed by atoms with E-state index in [1.807, 2.05) is 13.8 Å². The van der Waals surface area contributed by atoms with E-state index < -0.39 is 16.1 Å². The lowest BCUT2D eigenvalue weighted by molar-refractivity contribution is -0.139. The van der Waals surface area contributed by atoms with Crippen LogP contribution in [0, 0.1) is 5.92 Å². The number of hydrogen-bond donors (Lipinski definition) is 2. The Morgan fingerprint density at radius 2 is 1.86 bits per heavy atom. The highest BCUT2D eigenvalue weighted by atomic mass is 32.2. The molecule has 0 radical (unpaired) electrons. The molecular formula is C14H21NO5S. The van der Waals surface area contributed by atoms with Crippen LogP contribution in [-0.2, 0) is 26.0 Å². The van der Waals surface area contributed by atoms with E-state index in [2.05, 4.69) is 9.46 Å². The molecule has 1 atom stereocenters. The largest absolute Gasteiger partial charge is 0.469 e. The molecule has 0 amide bonds. The molecule has 1 aromatic rings. The van der Waals surface area contributed by atoms with E-state index >= 15 is 0 Å². The maximum absolute atomic E-state index is 12.2. The van der Waals surface area contributed by atoms with Crippen LogP contribution in [0.15, 0.2) is 29.2 Å². The summed E-state index contributed by atoms with van der Waals surface area (Å²) >= 11 is 0. The van der Waals surface area contributed by atoms with E-state index in [1.54, 1.807) is 12.1 Å². The predicted octanol–water partition coefficient (Wildman–Crippen LogP) is 0.697. The lowest BCUT2D eigenvalue weighted by atomic mass is 10.1. The molecule has 0 saturated heterocycles. The minimum Gasteiger partial charge on any atom is -0.469 e. The van der Waals surface area contributed by atoms with Crippen LogP contribution in [0.4, 0.5) is 0 Å². The van der Waals surface area contributed by atoms with Crippen molar-refractivity contribution in [1.82, 2.24) is 4.72 Å². The number of rotatable bonds is 7. The van der Waals surface area contributed by atoms with E-state index in [1.165, 1.54) is 19.2 Å². The predicted molar refractivity (Wildman–Crippen MR) is 78.2 cm³/mol. The van der Waals surface area contributed by atoms with Crippen molar-refractivity contribution in [1.29, 1.82) is 0 Å². The molecule has 0 aromatic heterocycles. The van der Waals surface area contributed by atoms with Gasteiger partial charge in [0.15, 0.2) is 0 Å². The van der Waals surface area contributed by atoms with Gasteiger partial charge in [-0.15, -0.1) is 0 Å². The number of hydrogen-bond acceptors (Lipinski definition) is 5. The molecule has 118 valence electrons. The smallest absolute Gasteiger partial charge is 0.309 e. The molecule has 0 aliphatic heterocycles. The van der Waals surface area contributed by atoms with Crippen LogP contribution in [-0.4, -0.2) is 39.3 Å². The Hall–Kier alpha value is -1.44. The van der Waals surface area contributed by atoms with Gasteiger partial charge in [0.2, 0.25) is 10.0 Å². The zero-order valence-electron chi connectivity index (χ0n) is 12.4. The fraction of sp³-hybridized carbons (Fsp3) is 0.500. The van der Waals surface area contributed by atoms with Crippen molar-refractivity contribution < 1.29 is 23.1 Å². The Balaban J connectivity index is 2.87. The van der Waals surface area contributed by atoms with Crippen LogP contribution in [0.5, 0.6) is 0 Å². The van der Waals surface area contributed by atoms with Gasteiger partial charge in [0.05, 0.1) is 25.0 Å². The second-order valence-electron chi connectivity index (χ2n) is 5.05. The zero-order chi connectivity index (χ0) is 16.0.